The fourth-order valence-corrected chi connectivity index (χ4v) is 5.58. The Labute approximate surface area is 143 Å². The Morgan fingerprint density at radius 3 is 2.52 bits per heavy atom. The van der Waals surface area contributed by atoms with Crippen LogP contribution in [-0.2, 0) is 10.0 Å². The van der Waals surface area contributed by atoms with Crippen LogP contribution in [0.5, 0.6) is 0 Å². The van der Waals surface area contributed by atoms with Gasteiger partial charge in [-0.15, -0.1) is 0 Å². The highest BCUT2D eigenvalue weighted by Crippen LogP contribution is 2.33. The zero-order chi connectivity index (χ0) is 15.5. The van der Waals surface area contributed by atoms with Crippen LogP contribution in [0.4, 0.5) is 5.69 Å². The highest BCUT2D eigenvalue weighted by atomic mass is 79.9. The number of anilines is 1. The molecule has 1 saturated heterocycles. The fourth-order valence-electron chi connectivity index (χ4n) is 2.47. The Balaban J connectivity index is 2.00. The maximum absolute atomic E-state index is 12.3. The molecule has 1 atom stereocenters. The summed E-state index contributed by atoms with van der Waals surface area (Å²) < 4.78 is 28.7. The van der Waals surface area contributed by atoms with Crippen LogP contribution in [0.25, 0.3) is 0 Å². The van der Waals surface area contributed by atoms with Crippen molar-refractivity contribution < 1.29 is 8.42 Å². The molecule has 4 nitrogen and oxygen atoms in total. The molecule has 1 aliphatic rings. The molecule has 118 valence electrons. The second-order valence-corrected chi connectivity index (χ2v) is 9.01. The maximum Gasteiger partial charge on any atom is 0.232 e. The molecule has 1 unspecified atom stereocenters. The molecular weight excluding hydrogens is 420 g/mol. The Bertz CT molecular complexity index is 576. The summed E-state index contributed by atoms with van der Waals surface area (Å²) in [7, 11) is -3.34. The molecule has 0 radical (unpaired) electrons. The van der Waals surface area contributed by atoms with Gasteiger partial charge in [0.15, 0.2) is 0 Å². The van der Waals surface area contributed by atoms with E-state index in [0.29, 0.717) is 18.2 Å². The third-order valence-electron chi connectivity index (χ3n) is 3.59. The molecule has 0 amide bonds. The van der Waals surface area contributed by atoms with Gasteiger partial charge in [-0.2, -0.15) is 0 Å². The van der Waals surface area contributed by atoms with E-state index >= 15 is 0 Å². The van der Waals surface area contributed by atoms with Gasteiger partial charge in [0.1, 0.15) is 0 Å². The van der Waals surface area contributed by atoms with E-state index in [2.05, 4.69) is 41.9 Å². The largest absolute Gasteiger partial charge is 0.314 e. The average Bonchev–Trinajstić information content (AvgIpc) is 2.42. The number of piperidine rings is 1. The predicted molar refractivity (Wildman–Crippen MR) is 94.2 cm³/mol. The lowest BCUT2D eigenvalue weighted by Gasteiger charge is -2.23. The lowest BCUT2D eigenvalue weighted by atomic mass is 10.0. The Hall–Kier alpha value is -0.110. The number of benzene rings is 1. The van der Waals surface area contributed by atoms with Crippen molar-refractivity contribution >= 4 is 47.6 Å². The second kappa shape index (κ2) is 7.44. The number of sulfonamides is 1. The summed E-state index contributed by atoms with van der Waals surface area (Å²) in [5.41, 5.74) is 1.63. The highest BCUT2D eigenvalue weighted by Gasteiger charge is 2.19. The molecule has 1 aromatic carbocycles. The number of aryl methyl sites for hydroxylation is 1. The zero-order valence-electron chi connectivity index (χ0n) is 12.0. The van der Waals surface area contributed by atoms with Crippen LogP contribution in [0.15, 0.2) is 21.1 Å². The van der Waals surface area contributed by atoms with E-state index in [-0.39, 0.29) is 5.75 Å². The Morgan fingerprint density at radius 1 is 1.29 bits per heavy atom. The van der Waals surface area contributed by atoms with E-state index in [9.17, 15) is 8.42 Å². The molecule has 7 heteroatoms. The van der Waals surface area contributed by atoms with E-state index in [1.54, 1.807) is 0 Å². The topological polar surface area (TPSA) is 58.2 Å². The van der Waals surface area contributed by atoms with Crippen LogP contribution in [0.3, 0.4) is 0 Å². The number of hydrogen-bond donors (Lipinski definition) is 2. The van der Waals surface area contributed by atoms with E-state index < -0.39 is 10.0 Å². The highest BCUT2D eigenvalue weighted by molar-refractivity contribution is 9.11. The van der Waals surface area contributed by atoms with Gasteiger partial charge in [0.05, 0.1) is 11.4 Å². The minimum Gasteiger partial charge on any atom is -0.314 e. The summed E-state index contributed by atoms with van der Waals surface area (Å²) in [4.78, 5) is 0. The number of hydrogen-bond acceptors (Lipinski definition) is 3. The van der Waals surface area contributed by atoms with Gasteiger partial charge in [0.2, 0.25) is 10.0 Å². The Morgan fingerprint density at radius 2 is 1.95 bits per heavy atom. The third-order valence-corrected chi connectivity index (χ3v) is 6.13. The van der Waals surface area contributed by atoms with Gasteiger partial charge < -0.3 is 5.32 Å². The summed E-state index contributed by atoms with van der Waals surface area (Å²) in [5, 5.41) is 3.38. The fraction of sp³-hybridized carbons (Fsp3) is 0.571. The lowest BCUT2D eigenvalue weighted by Crippen LogP contribution is -2.36. The van der Waals surface area contributed by atoms with Crippen LogP contribution in [0, 0.1) is 6.92 Å². The minimum absolute atomic E-state index is 0.136. The van der Waals surface area contributed by atoms with Crippen molar-refractivity contribution in [1.29, 1.82) is 0 Å². The van der Waals surface area contributed by atoms with Gasteiger partial charge in [-0.1, -0.05) is 6.42 Å². The normalized spacial score (nSPS) is 19.5. The molecule has 0 bridgehead atoms. The molecule has 0 aliphatic carbocycles. The summed E-state index contributed by atoms with van der Waals surface area (Å²) in [6.07, 6.45) is 4.08. The summed E-state index contributed by atoms with van der Waals surface area (Å²) in [6.45, 7) is 2.95. The molecule has 0 aromatic heterocycles. The van der Waals surface area contributed by atoms with Crippen LogP contribution in [0.1, 0.15) is 31.2 Å². The molecule has 1 aliphatic heterocycles. The van der Waals surface area contributed by atoms with Gasteiger partial charge in [-0.25, -0.2) is 8.42 Å². The summed E-state index contributed by atoms with van der Waals surface area (Å²) >= 11 is 6.82. The smallest absolute Gasteiger partial charge is 0.232 e. The average molecular weight is 440 g/mol. The van der Waals surface area contributed by atoms with Crippen LogP contribution in [-0.4, -0.2) is 26.8 Å². The number of rotatable bonds is 5. The van der Waals surface area contributed by atoms with E-state index in [1.165, 1.54) is 12.8 Å². The third kappa shape index (κ3) is 5.23. The van der Waals surface area contributed by atoms with Crippen molar-refractivity contribution in [3.63, 3.8) is 0 Å². The number of halogens is 2. The summed E-state index contributed by atoms with van der Waals surface area (Å²) in [5.74, 6) is 0.136. The van der Waals surface area contributed by atoms with Crippen molar-refractivity contribution in [2.45, 2.75) is 38.6 Å². The van der Waals surface area contributed by atoms with Crippen molar-refractivity contribution in [2.75, 3.05) is 17.0 Å². The molecular formula is C14H20Br2N2O2S. The SMILES string of the molecule is Cc1cc(Br)c(NS(=O)(=O)CCC2CCCCN2)c(Br)c1. The molecule has 21 heavy (non-hydrogen) atoms. The predicted octanol–water partition coefficient (Wildman–Crippen LogP) is 3.79. The molecule has 2 N–H and O–H groups in total. The first-order valence-corrected chi connectivity index (χ1v) is 10.3. The first-order valence-electron chi connectivity index (χ1n) is 7.07. The van der Waals surface area contributed by atoms with Crippen molar-refractivity contribution in [1.82, 2.24) is 5.32 Å². The monoisotopic (exact) mass is 438 g/mol. The Kier molecular flexibility index (Phi) is 6.11. The second-order valence-electron chi connectivity index (χ2n) is 5.46. The standard InChI is InChI=1S/C14H20Br2N2O2S/c1-10-8-12(15)14(13(16)9-10)18-21(19,20)7-5-11-4-2-3-6-17-11/h8-9,11,17-18H,2-7H2,1H3. The van der Waals surface area contributed by atoms with Gasteiger partial charge in [0.25, 0.3) is 0 Å². The van der Waals surface area contributed by atoms with Crippen LogP contribution >= 0.6 is 31.9 Å². The van der Waals surface area contributed by atoms with E-state index in [4.69, 9.17) is 0 Å². The van der Waals surface area contributed by atoms with Gasteiger partial charge in [-0.05, 0) is 82.3 Å². The van der Waals surface area contributed by atoms with Crippen molar-refractivity contribution in [3.05, 3.63) is 26.6 Å². The molecule has 1 heterocycles. The molecule has 0 spiro atoms. The first kappa shape index (κ1) is 17.2. The van der Waals surface area contributed by atoms with Gasteiger partial charge in [0, 0.05) is 15.0 Å². The van der Waals surface area contributed by atoms with Crippen LogP contribution in [0.2, 0.25) is 0 Å². The van der Waals surface area contributed by atoms with Crippen molar-refractivity contribution in [3.8, 4) is 0 Å². The van der Waals surface area contributed by atoms with E-state index in [1.807, 2.05) is 19.1 Å². The number of nitrogens with one attached hydrogen (secondary N) is 2. The quantitative estimate of drug-likeness (QED) is 0.733. The maximum atomic E-state index is 12.3. The molecule has 1 aromatic rings. The lowest BCUT2D eigenvalue weighted by molar-refractivity contribution is 0.393. The van der Waals surface area contributed by atoms with Gasteiger partial charge >= 0.3 is 0 Å². The van der Waals surface area contributed by atoms with Gasteiger partial charge in [-0.3, -0.25) is 4.72 Å². The molecule has 0 saturated carbocycles. The zero-order valence-corrected chi connectivity index (χ0v) is 15.9. The van der Waals surface area contributed by atoms with E-state index in [0.717, 1.165) is 27.5 Å². The van der Waals surface area contributed by atoms with Crippen molar-refractivity contribution in [2.24, 2.45) is 0 Å². The minimum atomic E-state index is -3.34. The molecule has 2 rings (SSSR count). The summed E-state index contributed by atoms with van der Waals surface area (Å²) in [6, 6.07) is 4.11. The first-order chi connectivity index (χ1) is 9.87. The van der Waals surface area contributed by atoms with Crippen LogP contribution < -0.4 is 10.0 Å². The molecule has 1 fully saturated rings.